The first kappa shape index (κ1) is 19.2. The summed E-state index contributed by atoms with van der Waals surface area (Å²) < 4.78 is 0. The summed E-state index contributed by atoms with van der Waals surface area (Å²) in [7, 11) is 0. The van der Waals surface area contributed by atoms with Crippen LogP contribution in [0.5, 0.6) is 0 Å². The third-order valence-electron chi connectivity index (χ3n) is 5.55. The Hall–Kier alpha value is -2.16. The van der Waals surface area contributed by atoms with Crippen molar-refractivity contribution in [1.82, 2.24) is 9.88 Å². The lowest BCUT2D eigenvalue weighted by Crippen LogP contribution is -2.29. The number of benzene rings is 2. The van der Waals surface area contributed by atoms with Crippen molar-refractivity contribution < 1.29 is 0 Å². The SMILES string of the molecule is Clc1ccc(-c2ccc(CCc3ccc(CN4CCCCC4)cc3)nc2)cc1. The maximum atomic E-state index is 5.96. The van der Waals surface area contributed by atoms with Gasteiger partial charge in [-0.1, -0.05) is 60.5 Å². The Labute approximate surface area is 173 Å². The second kappa shape index (κ2) is 9.36. The molecule has 2 heterocycles. The summed E-state index contributed by atoms with van der Waals surface area (Å²) in [5.74, 6) is 0. The highest BCUT2D eigenvalue weighted by atomic mass is 35.5. The number of hydrogen-bond acceptors (Lipinski definition) is 2. The highest BCUT2D eigenvalue weighted by Gasteiger charge is 2.10. The lowest BCUT2D eigenvalue weighted by atomic mass is 10.0. The Balaban J connectivity index is 1.30. The van der Waals surface area contributed by atoms with Crippen molar-refractivity contribution in [3.63, 3.8) is 0 Å². The third-order valence-corrected chi connectivity index (χ3v) is 5.80. The number of nitrogens with zero attached hydrogens (tertiary/aromatic N) is 2. The zero-order valence-corrected chi connectivity index (χ0v) is 17.0. The van der Waals surface area contributed by atoms with E-state index in [-0.39, 0.29) is 0 Å². The van der Waals surface area contributed by atoms with Crippen LogP contribution < -0.4 is 0 Å². The van der Waals surface area contributed by atoms with E-state index in [1.807, 2.05) is 30.5 Å². The Morgan fingerprint density at radius 3 is 2.07 bits per heavy atom. The Morgan fingerprint density at radius 2 is 1.39 bits per heavy atom. The van der Waals surface area contributed by atoms with Crippen molar-refractivity contribution in [1.29, 1.82) is 0 Å². The van der Waals surface area contributed by atoms with Gasteiger partial charge in [-0.2, -0.15) is 0 Å². The molecule has 0 saturated carbocycles. The third kappa shape index (κ3) is 5.21. The van der Waals surface area contributed by atoms with E-state index in [0.717, 1.165) is 41.2 Å². The summed E-state index contributed by atoms with van der Waals surface area (Å²) in [6.07, 6.45) is 8.04. The van der Waals surface area contributed by atoms with Crippen LogP contribution in [0, 0.1) is 0 Å². The molecule has 1 fully saturated rings. The molecule has 0 N–H and O–H groups in total. The smallest absolute Gasteiger partial charge is 0.0407 e. The Morgan fingerprint density at radius 1 is 0.714 bits per heavy atom. The van der Waals surface area contributed by atoms with Gasteiger partial charge in [0, 0.05) is 29.0 Å². The molecule has 1 saturated heterocycles. The van der Waals surface area contributed by atoms with Crippen molar-refractivity contribution in [3.05, 3.63) is 88.7 Å². The van der Waals surface area contributed by atoms with Crippen molar-refractivity contribution in [2.75, 3.05) is 13.1 Å². The van der Waals surface area contributed by atoms with Crippen LogP contribution in [-0.2, 0) is 19.4 Å². The first-order valence-electron chi connectivity index (χ1n) is 10.3. The van der Waals surface area contributed by atoms with E-state index in [2.05, 4.69) is 46.3 Å². The molecular formula is C25H27ClN2. The Kier molecular flexibility index (Phi) is 6.41. The van der Waals surface area contributed by atoms with E-state index in [1.165, 1.54) is 43.5 Å². The average molecular weight is 391 g/mol. The lowest BCUT2D eigenvalue weighted by Gasteiger charge is -2.26. The predicted molar refractivity (Wildman–Crippen MR) is 118 cm³/mol. The summed E-state index contributed by atoms with van der Waals surface area (Å²) in [6, 6.07) is 21.3. The van der Waals surface area contributed by atoms with Gasteiger partial charge in [0.1, 0.15) is 0 Å². The molecule has 0 aliphatic carbocycles. The number of aromatic nitrogens is 1. The minimum atomic E-state index is 0.760. The zero-order chi connectivity index (χ0) is 19.2. The maximum absolute atomic E-state index is 5.96. The molecule has 0 atom stereocenters. The molecule has 0 radical (unpaired) electrons. The molecule has 0 bridgehead atoms. The highest BCUT2D eigenvalue weighted by Crippen LogP contribution is 2.21. The van der Waals surface area contributed by atoms with E-state index < -0.39 is 0 Å². The molecule has 4 rings (SSSR count). The standard InChI is InChI=1S/C25H27ClN2/c26-24-12-9-22(10-13-24)23-11-15-25(27-18-23)14-8-20-4-6-21(7-5-20)19-28-16-2-1-3-17-28/h4-7,9-13,15,18H,1-3,8,14,16-17,19H2. The van der Waals surface area contributed by atoms with Gasteiger partial charge in [0.25, 0.3) is 0 Å². The van der Waals surface area contributed by atoms with E-state index in [0.29, 0.717) is 0 Å². The fraction of sp³-hybridized carbons (Fsp3) is 0.320. The predicted octanol–water partition coefficient (Wildman–Crippen LogP) is 6.17. The van der Waals surface area contributed by atoms with Crippen LogP contribution >= 0.6 is 11.6 Å². The molecule has 1 aliphatic rings. The van der Waals surface area contributed by atoms with Gasteiger partial charge >= 0.3 is 0 Å². The molecule has 28 heavy (non-hydrogen) atoms. The molecule has 144 valence electrons. The highest BCUT2D eigenvalue weighted by molar-refractivity contribution is 6.30. The van der Waals surface area contributed by atoms with Crippen LogP contribution in [0.2, 0.25) is 5.02 Å². The molecule has 1 aliphatic heterocycles. The van der Waals surface area contributed by atoms with Crippen molar-refractivity contribution in [2.24, 2.45) is 0 Å². The van der Waals surface area contributed by atoms with Gasteiger partial charge in [-0.15, -0.1) is 0 Å². The van der Waals surface area contributed by atoms with Gasteiger partial charge in [0.15, 0.2) is 0 Å². The fourth-order valence-corrected chi connectivity index (χ4v) is 3.97. The number of halogens is 1. The zero-order valence-electron chi connectivity index (χ0n) is 16.3. The second-order valence-corrected chi connectivity index (χ2v) is 8.13. The molecule has 0 unspecified atom stereocenters. The normalized spacial score (nSPS) is 14.9. The minimum absolute atomic E-state index is 0.760. The average Bonchev–Trinajstić information content (AvgIpc) is 2.75. The fourth-order valence-electron chi connectivity index (χ4n) is 3.84. The summed E-state index contributed by atoms with van der Waals surface area (Å²) in [5.41, 5.74) is 6.22. The van der Waals surface area contributed by atoms with Crippen LogP contribution in [0.3, 0.4) is 0 Å². The number of likely N-dealkylation sites (tertiary alicyclic amines) is 1. The minimum Gasteiger partial charge on any atom is -0.299 e. The molecule has 2 aromatic carbocycles. The molecule has 1 aromatic heterocycles. The van der Waals surface area contributed by atoms with Gasteiger partial charge in [-0.05, 0) is 73.7 Å². The quantitative estimate of drug-likeness (QED) is 0.500. The Bertz CT molecular complexity index is 864. The van der Waals surface area contributed by atoms with Crippen LogP contribution in [0.1, 0.15) is 36.1 Å². The molecule has 0 amide bonds. The monoisotopic (exact) mass is 390 g/mol. The van der Waals surface area contributed by atoms with E-state index >= 15 is 0 Å². The first-order valence-corrected chi connectivity index (χ1v) is 10.7. The van der Waals surface area contributed by atoms with Crippen LogP contribution in [0.4, 0.5) is 0 Å². The van der Waals surface area contributed by atoms with Gasteiger partial charge in [0.05, 0.1) is 0 Å². The number of rotatable bonds is 6. The summed E-state index contributed by atoms with van der Waals surface area (Å²) in [4.78, 5) is 7.22. The molecular weight excluding hydrogens is 364 g/mol. The molecule has 3 heteroatoms. The number of pyridine rings is 1. The van der Waals surface area contributed by atoms with Gasteiger partial charge in [-0.25, -0.2) is 0 Å². The van der Waals surface area contributed by atoms with E-state index in [4.69, 9.17) is 11.6 Å². The lowest BCUT2D eigenvalue weighted by molar-refractivity contribution is 0.221. The number of hydrogen-bond donors (Lipinski definition) is 0. The van der Waals surface area contributed by atoms with Crippen molar-refractivity contribution in [3.8, 4) is 11.1 Å². The van der Waals surface area contributed by atoms with Crippen LogP contribution in [0.25, 0.3) is 11.1 Å². The van der Waals surface area contributed by atoms with Gasteiger partial charge in [-0.3, -0.25) is 9.88 Å². The number of piperidine rings is 1. The van der Waals surface area contributed by atoms with Gasteiger partial charge < -0.3 is 0 Å². The first-order chi connectivity index (χ1) is 13.8. The van der Waals surface area contributed by atoms with Gasteiger partial charge in [0.2, 0.25) is 0 Å². The summed E-state index contributed by atoms with van der Waals surface area (Å²) in [6.45, 7) is 3.59. The number of aryl methyl sites for hydroxylation is 2. The van der Waals surface area contributed by atoms with Crippen molar-refractivity contribution in [2.45, 2.75) is 38.6 Å². The summed E-state index contributed by atoms with van der Waals surface area (Å²) >= 11 is 5.96. The van der Waals surface area contributed by atoms with Crippen LogP contribution in [-0.4, -0.2) is 23.0 Å². The topological polar surface area (TPSA) is 16.1 Å². The maximum Gasteiger partial charge on any atom is 0.0407 e. The van der Waals surface area contributed by atoms with E-state index in [1.54, 1.807) is 0 Å². The van der Waals surface area contributed by atoms with Crippen molar-refractivity contribution >= 4 is 11.6 Å². The van der Waals surface area contributed by atoms with E-state index in [9.17, 15) is 0 Å². The molecule has 0 spiro atoms. The summed E-state index contributed by atoms with van der Waals surface area (Å²) in [5, 5.41) is 0.760. The largest absolute Gasteiger partial charge is 0.299 e. The van der Waals surface area contributed by atoms with Crippen LogP contribution in [0.15, 0.2) is 66.9 Å². The molecule has 2 nitrogen and oxygen atoms in total. The second-order valence-electron chi connectivity index (χ2n) is 7.70. The molecule has 3 aromatic rings.